The molecule has 0 bridgehead atoms. The predicted octanol–water partition coefficient (Wildman–Crippen LogP) is 1.90. The van der Waals surface area contributed by atoms with Gasteiger partial charge in [-0.05, 0) is 24.3 Å². The second kappa shape index (κ2) is 7.28. The number of hydrogen-bond acceptors (Lipinski definition) is 7. The lowest BCUT2D eigenvalue weighted by atomic mass is 10.2. The summed E-state index contributed by atoms with van der Waals surface area (Å²) in [6.45, 7) is 0.759. The first kappa shape index (κ1) is 15.5. The number of ether oxygens (including phenoxy) is 1. The van der Waals surface area contributed by atoms with Crippen molar-refractivity contribution in [3.8, 4) is 17.1 Å². The highest BCUT2D eigenvalue weighted by molar-refractivity contribution is 8.14. The third-order valence-corrected chi connectivity index (χ3v) is 4.11. The Labute approximate surface area is 137 Å². The van der Waals surface area contributed by atoms with Crippen LogP contribution in [0.5, 0.6) is 5.75 Å². The third kappa shape index (κ3) is 4.10. The zero-order valence-electron chi connectivity index (χ0n) is 12.6. The summed E-state index contributed by atoms with van der Waals surface area (Å²) < 4.78 is 10.3. The van der Waals surface area contributed by atoms with Crippen LogP contribution in [0, 0.1) is 0 Å². The number of carbonyl (C=O) groups excluding carboxylic acids is 1. The van der Waals surface area contributed by atoms with Crippen LogP contribution in [0.2, 0.25) is 0 Å². The van der Waals surface area contributed by atoms with Gasteiger partial charge in [-0.1, -0.05) is 16.9 Å². The van der Waals surface area contributed by atoms with Crippen LogP contribution >= 0.6 is 11.8 Å². The number of aromatic nitrogens is 2. The van der Waals surface area contributed by atoms with E-state index in [0.717, 1.165) is 23.6 Å². The van der Waals surface area contributed by atoms with Gasteiger partial charge in [0.05, 0.1) is 13.7 Å². The van der Waals surface area contributed by atoms with E-state index in [0.29, 0.717) is 23.3 Å². The molecule has 1 aromatic carbocycles. The van der Waals surface area contributed by atoms with Crippen molar-refractivity contribution in [2.24, 2.45) is 4.99 Å². The van der Waals surface area contributed by atoms with Crippen LogP contribution in [0.3, 0.4) is 0 Å². The summed E-state index contributed by atoms with van der Waals surface area (Å²) in [6.07, 6.45) is 0.677. The number of amidine groups is 1. The monoisotopic (exact) mass is 332 g/mol. The van der Waals surface area contributed by atoms with E-state index >= 15 is 0 Å². The SMILES string of the molecule is COc1ccc(-c2noc(CCC(=O)NC3=NCCS3)n2)cc1. The molecule has 0 atom stereocenters. The molecule has 1 aromatic heterocycles. The first-order chi connectivity index (χ1) is 11.2. The van der Waals surface area contributed by atoms with E-state index in [2.05, 4.69) is 20.4 Å². The van der Waals surface area contributed by atoms with Gasteiger partial charge < -0.3 is 14.6 Å². The standard InChI is InChI=1S/C15H16N4O3S/c1-21-11-4-2-10(3-5-11)14-18-13(22-19-14)7-6-12(20)17-15-16-8-9-23-15/h2-5H,6-9H2,1H3,(H,16,17,20). The van der Waals surface area contributed by atoms with E-state index < -0.39 is 0 Å². The number of methoxy groups -OCH3 is 1. The maximum absolute atomic E-state index is 11.8. The molecule has 120 valence electrons. The number of hydrogen-bond donors (Lipinski definition) is 1. The number of benzene rings is 1. The van der Waals surface area contributed by atoms with Crippen molar-refractivity contribution < 1.29 is 14.1 Å². The van der Waals surface area contributed by atoms with Gasteiger partial charge in [0.1, 0.15) is 5.75 Å². The van der Waals surface area contributed by atoms with Gasteiger partial charge in [0.15, 0.2) is 5.17 Å². The van der Waals surface area contributed by atoms with E-state index in [1.807, 2.05) is 24.3 Å². The molecule has 2 heterocycles. The maximum Gasteiger partial charge on any atom is 0.227 e. The molecule has 1 N–H and O–H groups in total. The molecule has 1 aliphatic heterocycles. The lowest BCUT2D eigenvalue weighted by Gasteiger charge is -2.01. The summed E-state index contributed by atoms with van der Waals surface area (Å²) in [6, 6.07) is 7.38. The molecule has 7 nitrogen and oxygen atoms in total. The Balaban J connectivity index is 1.55. The largest absolute Gasteiger partial charge is 0.497 e. The second-order valence-corrected chi connectivity index (χ2v) is 5.91. The number of amides is 1. The van der Waals surface area contributed by atoms with Crippen LogP contribution in [0.1, 0.15) is 12.3 Å². The number of nitrogens with zero attached hydrogens (tertiary/aromatic N) is 3. The van der Waals surface area contributed by atoms with E-state index in [-0.39, 0.29) is 12.3 Å². The summed E-state index contributed by atoms with van der Waals surface area (Å²) in [5.41, 5.74) is 0.835. The summed E-state index contributed by atoms with van der Waals surface area (Å²) in [7, 11) is 1.61. The van der Waals surface area contributed by atoms with E-state index in [1.165, 1.54) is 0 Å². The number of aryl methyl sites for hydroxylation is 1. The minimum absolute atomic E-state index is 0.0950. The third-order valence-electron chi connectivity index (χ3n) is 3.21. The number of carbonyl (C=O) groups is 1. The molecular weight excluding hydrogens is 316 g/mol. The van der Waals surface area contributed by atoms with Crippen LogP contribution < -0.4 is 10.1 Å². The number of thioether (sulfide) groups is 1. The first-order valence-corrected chi connectivity index (χ1v) is 8.17. The van der Waals surface area contributed by atoms with Gasteiger partial charge >= 0.3 is 0 Å². The van der Waals surface area contributed by atoms with Gasteiger partial charge in [-0.15, -0.1) is 0 Å². The van der Waals surface area contributed by atoms with Crippen LogP contribution in [0.4, 0.5) is 0 Å². The lowest BCUT2D eigenvalue weighted by molar-refractivity contribution is -0.119. The maximum atomic E-state index is 11.8. The lowest BCUT2D eigenvalue weighted by Crippen LogP contribution is -2.27. The Morgan fingerprint density at radius 2 is 2.22 bits per heavy atom. The predicted molar refractivity (Wildman–Crippen MR) is 87.5 cm³/mol. The average Bonchev–Trinajstić information content (AvgIpc) is 3.25. The molecule has 0 aliphatic carbocycles. The zero-order chi connectivity index (χ0) is 16.1. The van der Waals surface area contributed by atoms with Gasteiger partial charge in [0, 0.05) is 24.2 Å². The molecule has 0 spiro atoms. The Morgan fingerprint density at radius 1 is 1.39 bits per heavy atom. The molecule has 3 rings (SSSR count). The highest BCUT2D eigenvalue weighted by atomic mass is 32.2. The van der Waals surface area contributed by atoms with Gasteiger partial charge in [-0.25, -0.2) is 0 Å². The molecule has 1 aliphatic rings. The van der Waals surface area contributed by atoms with Crippen LogP contribution in [-0.2, 0) is 11.2 Å². The fourth-order valence-electron chi connectivity index (χ4n) is 2.03. The van der Waals surface area contributed by atoms with Crippen LogP contribution in [0.15, 0.2) is 33.8 Å². The fraction of sp³-hybridized carbons (Fsp3) is 0.333. The summed E-state index contributed by atoms with van der Waals surface area (Å²) in [5, 5.41) is 7.40. The van der Waals surface area contributed by atoms with Crippen molar-refractivity contribution in [1.29, 1.82) is 0 Å². The molecule has 0 unspecified atom stereocenters. The van der Waals surface area contributed by atoms with Crippen molar-refractivity contribution in [2.75, 3.05) is 19.4 Å². The first-order valence-electron chi connectivity index (χ1n) is 7.19. The van der Waals surface area contributed by atoms with Crippen molar-refractivity contribution in [1.82, 2.24) is 15.5 Å². The smallest absolute Gasteiger partial charge is 0.227 e. The summed E-state index contributed by atoms with van der Waals surface area (Å²) >= 11 is 1.55. The molecule has 2 aromatic rings. The van der Waals surface area contributed by atoms with Crippen molar-refractivity contribution >= 4 is 22.8 Å². The van der Waals surface area contributed by atoms with Gasteiger partial charge in [-0.2, -0.15) is 4.98 Å². The van der Waals surface area contributed by atoms with E-state index in [4.69, 9.17) is 9.26 Å². The highest BCUT2D eigenvalue weighted by Crippen LogP contribution is 2.20. The molecule has 23 heavy (non-hydrogen) atoms. The number of nitrogens with one attached hydrogen (secondary N) is 1. The molecule has 0 fully saturated rings. The highest BCUT2D eigenvalue weighted by Gasteiger charge is 2.13. The Kier molecular flexibility index (Phi) is 4.92. The molecule has 0 saturated heterocycles. The van der Waals surface area contributed by atoms with Crippen molar-refractivity contribution in [2.45, 2.75) is 12.8 Å². The Bertz CT molecular complexity index is 712. The Morgan fingerprint density at radius 3 is 2.91 bits per heavy atom. The molecule has 1 amide bonds. The van der Waals surface area contributed by atoms with Crippen LogP contribution in [0.25, 0.3) is 11.4 Å². The number of aliphatic imine (C=N–C) groups is 1. The molecular formula is C15H16N4O3S. The molecule has 0 saturated carbocycles. The fourth-order valence-corrected chi connectivity index (χ4v) is 2.77. The van der Waals surface area contributed by atoms with Gasteiger partial charge in [-0.3, -0.25) is 9.79 Å². The zero-order valence-corrected chi connectivity index (χ0v) is 13.4. The second-order valence-electron chi connectivity index (χ2n) is 4.82. The van der Waals surface area contributed by atoms with Gasteiger partial charge in [0.2, 0.25) is 17.6 Å². The molecule has 8 heteroatoms. The minimum Gasteiger partial charge on any atom is -0.497 e. The quantitative estimate of drug-likeness (QED) is 0.899. The van der Waals surface area contributed by atoms with E-state index in [9.17, 15) is 4.79 Å². The van der Waals surface area contributed by atoms with E-state index in [1.54, 1.807) is 18.9 Å². The van der Waals surface area contributed by atoms with Crippen LogP contribution in [-0.4, -0.2) is 40.6 Å². The summed E-state index contributed by atoms with van der Waals surface area (Å²) in [4.78, 5) is 20.3. The Hall–Kier alpha value is -2.35. The topological polar surface area (TPSA) is 89.6 Å². The summed E-state index contributed by atoms with van der Waals surface area (Å²) in [5.74, 6) is 2.53. The van der Waals surface area contributed by atoms with Crippen molar-refractivity contribution in [3.63, 3.8) is 0 Å². The normalized spacial score (nSPS) is 13.7. The average molecular weight is 332 g/mol. The number of rotatable bonds is 5. The van der Waals surface area contributed by atoms with Crippen molar-refractivity contribution in [3.05, 3.63) is 30.2 Å². The van der Waals surface area contributed by atoms with Gasteiger partial charge in [0.25, 0.3) is 0 Å². The minimum atomic E-state index is -0.0950. The molecule has 0 radical (unpaired) electrons.